The topological polar surface area (TPSA) is 85.6 Å². The van der Waals surface area contributed by atoms with Gasteiger partial charge in [0.25, 0.3) is 5.91 Å². The van der Waals surface area contributed by atoms with E-state index >= 15 is 0 Å². The highest BCUT2D eigenvalue weighted by Gasteiger charge is 2.39. The van der Waals surface area contributed by atoms with E-state index in [0.717, 1.165) is 31.5 Å². The first-order valence-corrected chi connectivity index (χ1v) is 16.0. The Morgan fingerprint density at radius 1 is 1.03 bits per heavy atom. The van der Waals surface area contributed by atoms with Crippen LogP contribution in [0.3, 0.4) is 0 Å². The van der Waals surface area contributed by atoms with Crippen molar-refractivity contribution in [2.24, 2.45) is 10.9 Å². The van der Waals surface area contributed by atoms with Crippen LogP contribution in [0.2, 0.25) is 0 Å². The maximum Gasteiger partial charge on any atom is 0.254 e. The summed E-state index contributed by atoms with van der Waals surface area (Å²) in [6.07, 6.45) is 10.8. The van der Waals surface area contributed by atoms with Crippen molar-refractivity contribution in [3.8, 4) is 6.07 Å². The van der Waals surface area contributed by atoms with Crippen LogP contribution in [0.1, 0.15) is 76.2 Å². The molecular weight excluding hydrogens is 525 g/mol. The summed E-state index contributed by atoms with van der Waals surface area (Å²) in [7, 11) is 0. The summed E-state index contributed by atoms with van der Waals surface area (Å²) in [5, 5.41) is 17.9. The highest BCUT2D eigenvalue weighted by Crippen LogP contribution is 2.42. The zero-order valence-corrected chi connectivity index (χ0v) is 24.4. The van der Waals surface area contributed by atoms with Gasteiger partial charge in [0.1, 0.15) is 5.92 Å². The Hall–Kier alpha value is -2.89. The fourth-order valence-corrected chi connectivity index (χ4v) is 7.07. The minimum absolute atomic E-state index is 0.109. The fraction of sp³-hybridized carbons (Fsp3) is 0.484. The van der Waals surface area contributed by atoms with Crippen molar-refractivity contribution in [1.82, 2.24) is 4.90 Å². The molecule has 0 aliphatic carbocycles. The standard InChI is InChI=1S/C31H38N4O2S2/c1-23-28(30(37)34-25-14-10-9-11-15-25)29(24-16-19-38-21-24)26(20-32)31(33-23)39-22-27(36)35-17-12-7-5-3-2-4-6-8-13-18-35/h9-11,14-16,19,21,26,29H,2-8,12-13,17-18,22H2,1H3,(H,34,37). The molecule has 8 heteroatoms. The first kappa shape index (κ1) is 29.1. The highest BCUT2D eigenvalue weighted by atomic mass is 32.2. The summed E-state index contributed by atoms with van der Waals surface area (Å²) < 4.78 is 0. The second-order valence-electron chi connectivity index (χ2n) is 10.3. The van der Waals surface area contributed by atoms with Gasteiger partial charge in [-0.2, -0.15) is 16.6 Å². The molecule has 0 saturated carbocycles. The Labute approximate surface area is 240 Å². The van der Waals surface area contributed by atoms with E-state index in [1.54, 1.807) is 11.3 Å². The molecule has 2 aromatic rings. The van der Waals surface area contributed by atoms with E-state index in [4.69, 9.17) is 4.99 Å². The third-order valence-electron chi connectivity index (χ3n) is 7.45. The molecule has 2 atom stereocenters. The molecule has 39 heavy (non-hydrogen) atoms. The molecule has 4 rings (SSSR count). The summed E-state index contributed by atoms with van der Waals surface area (Å²) in [5.74, 6) is -0.964. The summed E-state index contributed by atoms with van der Waals surface area (Å²) in [4.78, 5) is 33.5. The molecule has 1 fully saturated rings. The summed E-state index contributed by atoms with van der Waals surface area (Å²) >= 11 is 2.90. The number of amides is 2. The normalized spacial score (nSPS) is 21.2. The smallest absolute Gasteiger partial charge is 0.254 e. The van der Waals surface area contributed by atoms with E-state index in [0.29, 0.717) is 22.0 Å². The Balaban J connectivity index is 1.51. The number of para-hydroxylation sites is 1. The van der Waals surface area contributed by atoms with Crippen molar-refractivity contribution >= 4 is 45.6 Å². The monoisotopic (exact) mass is 562 g/mol. The lowest BCUT2D eigenvalue weighted by Crippen LogP contribution is -2.36. The molecule has 2 aliphatic rings. The number of thiophene rings is 1. The molecule has 0 bridgehead atoms. The van der Waals surface area contributed by atoms with Gasteiger partial charge in [-0.25, -0.2) is 4.99 Å². The number of rotatable bonds is 5. The molecular formula is C31H38N4O2S2. The van der Waals surface area contributed by atoms with Gasteiger partial charge in [0, 0.05) is 36.0 Å². The number of hydrogen-bond donors (Lipinski definition) is 1. The van der Waals surface area contributed by atoms with Crippen LogP contribution in [0.4, 0.5) is 5.69 Å². The quantitative estimate of drug-likeness (QED) is 0.412. The Kier molecular flexibility index (Phi) is 11.2. The van der Waals surface area contributed by atoms with Gasteiger partial charge in [-0.1, -0.05) is 74.9 Å². The first-order chi connectivity index (χ1) is 19.1. The third-order valence-corrected chi connectivity index (χ3v) is 9.18. The second kappa shape index (κ2) is 15.0. The predicted molar refractivity (Wildman–Crippen MR) is 162 cm³/mol. The number of hydrogen-bond acceptors (Lipinski definition) is 6. The summed E-state index contributed by atoms with van der Waals surface area (Å²) in [6.45, 7) is 3.42. The molecule has 206 valence electrons. The second-order valence-corrected chi connectivity index (χ2v) is 12.0. The van der Waals surface area contributed by atoms with Crippen LogP contribution in [0, 0.1) is 17.2 Å². The molecule has 1 aromatic carbocycles. The van der Waals surface area contributed by atoms with Crippen molar-refractivity contribution in [3.05, 3.63) is 64.0 Å². The van der Waals surface area contributed by atoms with Gasteiger partial charge < -0.3 is 10.2 Å². The number of nitriles is 1. The van der Waals surface area contributed by atoms with E-state index < -0.39 is 11.8 Å². The summed E-state index contributed by atoms with van der Waals surface area (Å²) in [5.41, 5.74) is 2.71. The highest BCUT2D eigenvalue weighted by molar-refractivity contribution is 8.14. The van der Waals surface area contributed by atoms with E-state index in [1.165, 1.54) is 56.7 Å². The Morgan fingerprint density at radius 2 is 1.67 bits per heavy atom. The van der Waals surface area contributed by atoms with Gasteiger partial charge in [-0.05, 0) is 54.3 Å². The van der Waals surface area contributed by atoms with E-state index in [1.807, 2.05) is 59.0 Å². The number of thioether (sulfide) groups is 1. The lowest BCUT2D eigenvalue weighted by atomic mass is 9.79. The van der Waals surface area contributed by atoms with Crippen LogP contribution in [0.15, 0.2) is 63.4 Å². The molecule has 6 nitrogen and oxygen atoms in total. The van der Waals surface area contributed by atoms with Crippen LogP contribution in [0.5, 0.6) is 0 Å². The van der Waals surface area contributed by atoms with Crippen LogP contribution in [-0.2, 0) is 9.59 Å². The SMILES string of the molecule is CC1=C(C(=O)Nc2ccccc2)C(c2ccsc2)C(C#N)C(SCC(=O)N2CCCCCCCCCCC2)=N1. The molecule has 2 amide bonds. The van der Waals surface area contributed by atoms with E-state index in [9.17, 15) is 14.9 Å². The largest absolute Gasteiger partial charge is 0.342 e. The molecule has 1 N–H and O–H groups in total. The van der Waals surface area contributed by atoms with Crippen LogP contribution >= 0.6 is 23.1 Å². The van der Waals surface area contributed by atoms with Crippen LogP contribution < -0.4 is 5.32 Å². The lowest BCUT2D eigenvalue weighted by molar-refractivity contribution is -0.128. The molecule has 2 unspecified atom stereocenters. The third kappa shape index (κ3) is 8.06. The molecule has 1 aromatic heterocycles. The van der Waals surface area contributed by atoms with Gasteiger partial charge in [0.2, 0.25) is 5.91 Å². The van der Waals surface area contributed by atoms with Crippen LogP contribution in [0.25, 0.3) is 0 Å². The first-order valence-electron chi connectivity index (χ1n) is 14.1. The average molecular weight is 563 g/mol. The molecule has 0 spiro atoms. The number of benzene rings is 1. The van der Waals surface area contributed by atoms with Gasteiger partial charge in [0.05, 0.1) is 16.9 Å². The van der Waals surface area contributed by atoms with Crippen LogP contribution in [-0.4, -0.2) is 40.6 Å². The van der Waals surface area contributed by atoms with Gasteiger partial charge >= 0.3 is 0 Å². The number of nitrogens with zero attached hydrogens (tertiary/aromatic N) is 3. The van der Waals surface area contributed by atoms with Crippen molar-refractivity contribution in [1.29, 1.82) is 5.26 Å². The predicted octanol–water partition coefficient (Wildman–Crippen LogP) is 7.38. The average Bonchev–Trinajstić information content (AvgIpc) is 3.47. The number of carbonyl (C=O) groups excluding carboxylic acids is 2. The number of anilines is 1. The fourth-order valence-electron chi connectivity index (χ4n) is 5.35. The lowest BCUT2D eigenvalue weighted by Gasteiger charge is -2.30. The zero-order chi connectivity index (χ0) is 27.5. The minimum Gasteiger partial charge on any atom is -0.342 e. The van der Waals surface area contributed by atoms with Crippen molar-refractivity contribution in [3.63, 3.8) is 0 Å². The maximum absolute atomic E-state index is 13.5. The molecule has 0 radical (unpaired) electrons. The maximum atomic E-state index is 13.5. The number of aliphatic imine (C=N–C) groups is 1. The summed E-state index contributed by atoms with van der Waals surface area (Å²) in [6, 6.07) is 13.7. The zero-order valence-electron chi connectivity index (χ0n) is 22.7. The number of nitrogens with one attached hydrogen (secondary N) is 1. The van der Waals surface area contributed by atoms with Gasteiger partial charge in [-0.15, -0.1) is 0 Å². The Bertz CT molecular complexity index is 1190. The van der Waals surface area contributed by atoms with E-state index in [-0.39, 0.29) is 17.6 Å². The number of carbonyl (C=O) groups is 2. The Morgan fingerprint density at radius 3 is 2.26 bits per heavy atom. The number of allylic oxidation sites excluding steroid dienone is 1. The molecule has 2 aliphatic heterocycles. The van der Waals surface area contributed by atoms with Crippen molar-refractivity contribution < 1.29 is 9.59 Å². The van der Waals surface area contributed by atoms with Gasteiger partial charge in [0.15, 0.2) is 0 Å². The molecule has 1 saturated heterocycles. The van der Waals surface area contributed by atoms with E-state index in [2.05, 4.69) is 11.4 Å². The van der Waals surface area contributed by atoms with Gasteiger partial charge in [-0.3, -0.25) is 9.59 Å². The molecule has 3 heterocycles. The van der Waals surface area contributed by atoms with Crippen molar-refractivity contribution in [2.75, 3.05) is 24.2 Å². The minimum atomic E-state index is -0.635. The van der Waals surface area contributed by atoms with Crippen molar-refractivity contribution in [2.45, 2.75) is 70.6 Å².